The molecule has 0 aliphatic heterocycles. The van der Waals surface area contributed by atoms with Gasteiger partial charge in [0.1, 0.15) is 11.6 Å². The molecule has 2 N–H and O–H groups in total. The summed E-state index contributed by atoms with van der Waals surface area (Å²) in [5.41, 5.74) is 2.05. The molecule has 0 aromatic heterocycles. The van der Waals surface area contributed by atoms with Gasteiger partial charge in [0.15, 0.2) is 6.10 Å². The number of hydrogen-bond acceptors (Lipinski definition) is 4. The van der Waals surface area contributed by atoms with Crippen molar-refractivity contribution in [3.8, 4) is 16.9 Å². The van der Waals surface area contributed by atoms with Gasteiger partial charge in [0.05, 0.1) is 11.3 Å². The van der Waals surface area contributed by atoms with Crippen LogP contribution in [0.2, 0.25) is 0 Å². The molecule has 3 aromatic rings. The maximum atomic E-state index is 13.6. The summed E-state index contributed by atoms with van der Waals surface area (Å²) in [6.07, 6.45) is -1.09. The number of para-hydroxylation sites is 1. The average Bonchev–Trinajstić information content (AvgIpc) is 2.70. The predicted molar refractivity (Wildman–Crippen MR) is 103 cm³/mol. The van der Waals surface area contributed by atoms with Gasteiger partial charge >= 0.3 is 5.97 Å². The molecule has 0 saturated heterocycles. The molecular formula is C22H18FNO4. The highest BCUT2D eigenvalue weighted by Gasteiger charge is 2.20. The summed E-state index contributed by atoms with van der Waals surface area (Å²) in [4.78, 5) is 24.4. The van der Waals surface area contributed by atoms with Crippen LogP contribution in [0.3, 0.4) is 0 Å². The van der Waals surface area contributed by atoms with Crippen molar-refractivity contribution in [2.75, 3.05) is 5.32 Å². The Labute approximate surface area is 161 Å². The second kappa shape index (κ2) is 8.35. The molecule has 1 amide bonds. The summed E-state index contributed by atoms with van der Waals surface area (Å²) in [5.74, 6) is -1.68. The number of aromatic hydroxyl groups is 1. The zero-order chi connectivity index (χ0) is 20.1. The number of carbonyl (C=O) groups is 2. The smallest absolute Gasteiger partial charge is 0.338 e. The van der Waals surface area contributed by atoms with Gasteiger partial charge in [0, 0.05) is 0 Å². The lowest BCUT2D eigenvalue weighted by atomic mass is 10.0. The highest BCUT2D eigenvalue weighted by molar-refractivity contribution is 5.97. The Kier molecular flexibility index (Phi) is 5.69. The number of amides is 1. The minimum atomic E-state index is -1.09. The number of rotatable bonds is 5. The number of halogens is 1. The van der Waals surface area contributed by atoms with Crippen LogP contribution in [0.25, 0.3) is 11.1 Å². The van der Waals surface area contributed by atoms with Gasteiger partial charge in [-0.2, -0.15) is 0 Å². The van der Waals surface area contributed by atoms with E-state index in [1.54, 1.807) is 54.6 Å². The van der Waals surface area contributed by atoms with E-state index in [9.17, 15) is 19.1 Å². The van der Waals surface area contributed by atoms with Crippen molar-refractivity contribution in [3.05, 3.63) is 84.2 Å². The molecule has 0 aliphatic carbocycles. The highest BCUT2D eigenvalue weighted by atomic mass is 19.1. The standard InChI is InChI=1S/C22H18FNO4/c1-14(21(26)24-20-5-3-2-4-19(20)23)28-22(27)17-8-6-15(7-9-17)16-10-12-18(25)13-11-16/h2-14,25H,1H3,(H,24,26). The number of nitrogens with one attached hydrogen (secondary N) is 1. The molecule has 6 heteroatoms. The normalized spacial score (nSPS) is 11.5. The summed E-state index contributed by atoms with van der Waals surface area (Å²) in [6, 6.07) is 19.1. The lowest BCUT2D eigenvalue weighted by Gasteiger charge is -2.14. The van der Waals surface area contributed by atoms with E-state index >= 15 is 0 Å². The SMILES string of the molecule is CC(OC(=O)c1ccc(-c2ccc(O)cc2)cc1)C(=O)Nc1ccccc1F. The van der Waals surface area contributed by atoms with Crippen LogP contribution in [0.5, 0.6) is 5.75 Å². The lowest BCUT2D eigenvalue weighted by Crippen LogP contribution is -2.30. The number of benzene rings is 3. The molecule has 0 bridgehead atoms. The Morgan fingerprint density at radius 2 is 1.50 bits per heavy atom. The highest BCUT2D eigenvalue weighted by Crippen LogP contribution is 2.22. The fourth-order valence-corrected chi connectivity index (χ4v) is 2.53. The van der Waals surface area contributed by atoms with Crippen molar-refractivity contribution in [3.63, 3.8) is 0 Å². The molecule has 142 valence electrons. The van der Waals surface area contributed by atoms with Crippen molar-refractivity contribution < 1.29 is 23.8 Å². The number of phenolic OH excluding ortho intramolecular Hbond substituents is 1. The number of anilines is 1. The first-order valence-corrected chi connectivity index (χ1v) is 8.60. The first-order valence-electron chi connectivity index (χ1n) is 8.60. The molecule has 0 radical (unpaired) electrons. The number of carbonyl (C=O) groups excluding carboxylic acids is 2. The summed E-state index contributed by atoms with van der Waals surface area (Å²) < 4.78 is 18.8. The van der Waals surface area contributed by atoms with Crippen LogP contribution in [0, 0.1) is 5.82 Å². The third-order valence-electron chi connectivity index (χ3n) is 4.11. The Morgan fingerprint density at radius 1 is 0.929 bits per heavy atom. The largest absolute Gasteiger partial charge is 0.508 e. The monoisotopic (exact) mass is 379 g/mol. The number of ether oxygens (including phenoxy) is 1. The van der Waals surface area contributed by atoms with Crippen LogP contribution in [0.4, 0.5) is 10.1 Å². The molecular weight excluding hydrogens is 361 g/mol. The quantitative estimate of drug-likeness (QED) is 0.645. The third-order valence-corrected chi connectivity index (χ3v) is 4.11. The van der Waals surface area contributed by atoms with Crippen LogP contribution in [-0.4, -0.2) is 23.1 Å². The molecule has 1 atom stereocenters. The van der Waals surface area contributed by atoms with Gasteiger partial charge in [0.25, 0.3) is 5.91 Å². The molecule has 3 rings (SSSR count). The molecule has 0 heterocycles. The maximum Gasteiger partial charge on any atom is 0.338 e. The molecule has 1 unspecified atom stereocenters. The summed E-state index contributed by atoms with van der Waals surface area (Å²) in [7, 11) is 0. The fourth-order valence-electron chi connectivity index (χ4n) is 2.53. The van der Waals surface area contributed by atoms with E-state index in [0.29, 0.717) is 0 Å². The summed E-state index contributed by atoms with van der Waals surface area (Å²) in [6.45, 7) is 1.42. The van der Waals surface area contributed by atoms with Gasteiger partial charge in [-0.1, -0.05) is 36.4 Å². The second-order valence-corrected chi connectivity index (χ2v) is 6.14. The van der Waals surface area contributed by atoms with Crippen LogP contribution in [0.1, 0.15) is 17.3 Å². The van der Waals surface area contributed by atoms with Gasteiger partial charge in [-0.3, -0.25) is 4.79 Å². The predicted octanol–water partition coefficient (Wildman–Crippen LogP) is 4.38. The van der Waals surface area contributed by atoms with Crippen LogP contribution >= 0.6 is 0 Å². The van der Waals surface area contributed by atoms with Gasteiger partial charge in [-0.25, -0.2) is 9.18 Å². The van der Waals surface area contributed by atoms with E-state index in [2.05, 4.69) is 5.32 Å². The van der Waals surface area contributed by atoms with Gasteiger partial charge in [-0.05, 0) is 54.4 Å². The van der Waals surface area contributed by atoms with Crippen LogP contribution in [-0.2, 0) is 9.53 Å². The lowest BCUT2D eigenvalue weighted by molar-refractivity contribution is -0.123. The fraction of sp³-hybridized carbons (Fsp3) is 0.0909. The zero-order valence-electron chi connectivity index (χ0n) is 15.1. The molecule has 0 spiro atoms. The number of hydrogen-bond donors (Lipinski definition) is 2. The minimum Gasteiger partial charge on any atom is -0.508 e. The zero-order valence-corrected chi connectivity index (χ0v) is 15.1. The first kappa shape index (κ1) is 19.1. The van der Waals surface area contributed by atoms with E-state index in [-0.39, 0.29) is 17.0 Å². The molecule has 28 heavy (non-hydrogen) atoms. The number of phenols is 1. The van der Waals surface area contributed by atoms with Crippen molar-refractivity contribution in [2.45, 2.75) is 13.0 Å². The summed E-state index contributed by atoms with van der Waals surface area (Å²) in [5, 5.41) is 11.7. The van der Waals surface area contributed by atoms with E-state index in [1.165, 1.54) is 25.1 Å². The molecule has 5 nitrogen and oxygen atoms in total. The van der Waals surface area contributed by atoms with E-state index < -0.39 is 23.8 Å². The minimum absolute atomic E-state index is 0.0219. The van der Waals surface area contributed by atoms with E-state index in [4.69, 9.17) is 4.74 Å². The molecule has 3 aromatic carbocycles. The molecule has 0 fully saturated rings. The average molecular weight is 379 g/mol. The van der Waals surface area contributed by atoms with Gasteiger partial charge in [0.2, 0.25) is 0 Å². The maximum absolute atomic E-state index is 13.6. The van der Waals surface area contributed by atoms with E-state index in [0.717, 1.165) is 11.1 Å². The summed E-state index contributed by atoms with van der Waals surface area (Å²) >= 11 is 0. The topological polar surface area (TPSA) is 75.6 Å². The van der Waals surface area contributed by atoms with Crippen LogP contribution in [0.15, 0.2) is 72.8 Å². The number of esters is 1. The van der Waals surface area contributed by atoms with Gasteiger partial charge < -0.3 is 15.2 Å². The van der Waals surface area contributed by atoms with E-state index in [1.807, 2.05) is 0 Å². The van der Waals surface area contributed by atoms with Crippen molar-refractivity contribution in [1.82, 2.24) is 0 Å². The van der Waals surface area contributed by atoms with Crippen molar-refractivity contribution in [2.24, 2.45) is 0 Å². The molecule has 0 saturated carbocycles. The van der Waals surface area contributed by atoms with Crippen LogP contribution < -0.4 is 5.32 Å². The Hall–Kier alpha value is -3.67. The Morgan fingerprint density at radius 3 is 2.11 bits per heavy atom. The Bertz CT molecular complexity index is 984. The van der Waals surface area contributed by atoms with Gasteiger partial charge in [-0.15, -0.1) is 0 Å². The Balaban J connectivity index is 1.63. The first-order chi connectivity index (χ1) is 13.4. The second-order valence-electron chi connectivity index (χ2n) is 6.14. The van der Waals surface area contributed by atoms with Crippen molar-refractivity contribution in [1.29, 1.82) is 0 Å². The van der Waals surface area contributed by atoms with Crippen molar-refractivity contribution >= 4 is 17.6 Å². The molecule has 0 aliphatic rings. The third kappa shape index (κ3) is 4.54.